The first-order chi connectivity index (χ1) is 10.4. The highest BCUT2D eigenvalue weighted by Crippen LogP contribution is 2.20. The van der Waals surface area contributed by atoms with Gasteiger partial charge in [-0.2, -0.15) is 5.10 Å². The van der Waals surface area contributed by atoms with Gasteiger partial charge in [0.2, 0.25) is 0 Å². The summed E-state index contributed by atoms with van der Waals surface area (Å²) in [6, 6.07) is 5.30. The predicted molar refractivity (Wildman–Crippen MR) is 85.2 cm³/mol. The van der Waals surface area contributed by atoms with Crippen molar-refractivity contribution in [1.82, 2.24) is 20.1 Å². The first-order valence-electron chi connectivity index (χ1n) is 7.41. The second kappa shape index (κ2) is 6.60. The number of amides is 1. The molecule has 0 aliphatic carbocycles. The van der Waals surface area contributed by atoms with E-state index in [0.29, 0.717) is 12.6 Å². The molecule has 0 aliphatic rings. The molecule has 6 heteroatoms. The zero-order valence-corrected chi connectivity index (χ0v) is 13.4. The fourth-order valence-corrected chi connectivity index (χ4v) is 2.77. The maximum absolute atomic E-state index is 11.9. The van der Waals surface area contributed by atoms with E-state index < -0.39 is 0 Å². The lowest BCUT2D eigenvalue weighted by Crippen LogP contribution is -2.27. The molecule has 0 atom stereocenters. The molecule has 0 bridgehead atoms. The summed E-state index contributed by atoms with van der Waals surface area (Å²) < 4.78 is 2.29. The smallest absolute Gasteiger partial charge is 0.271 e. The normalized spacial score (nSPS) is 11.0. The fourth-order valence-electron chi connectivity index (χ4n) is 2.77. The summed E-state index contributed by atoms with van der Waals surface area (Å²) in [5.74, 6) is -0.283. The van der Waals surface area contributed by atoms with Gasteiger partial charge in [-0.25, -0.2) is 5.10 Å². The van der Waals surface area contributed by atoms with Crippen molar-refractivity contribution in [3.05, 3.63) is 51.2 Å². The number of carbonyl (C=O) groups is 1. The maximum Gasteiger partial charge on any atom is 0.271 e. The zero-order chi connectivity index (χ0) is 16.3. The van der Waals surface area contributed by atoms with Gasteiger partial charge in [-0.1, -0.05) is 0 Å². The van der Waals surface area contributed by atoms with E-state index in [1.165, 1.54) is 29.1 Å². The highest BCUT2D eigenvalue weighted by Gasteiger charge is 2.12. The summed E-state index contributed by atoms with van der Waals surface area (Å²) >= 11 is 0. The molecule has 0 fully saturated rings. The maximum atomic E-state index is 11.9. The Labute approximate surface area is 129 Å². The molecule has 0 spiro atoms. The van der Waals surface area contributed by atoms with Crippen molar-refractivity contribution in [2.45, 2.75) is 40.2 Å². The number of rotatable bonds is 5. The lowest BCUT2D eigenvalue weighted by atomic mass is 10.2. The molecule has 6 nitrogen and oxygen atoms in total. The van der Waals surface area contributed by atoms with Crippen molar-refractivity contribution >= 4 is 5.91 Å². The van der Waals surface area contributed by atoms with Crippen LogP contribution in [0.25, 0.3) is 0 Å². The van der Waals surface area contributed by atoms with Gasteiger partial charge in [0.05, 0.1) is 0 Å². The van der Waals surface area contributed by atoms with Crippen molar-refractivity contribution < 1.29 is 4.79 Å². The molecule has 0 aliphatic heterocycles. The molecule has 22 heavy (non-hydrogen) atoms. The molecule has 0 aromatic carbocycles. The van der Waals surface area contributed by atoms with Crippen LogP contribution in [0.3, 0.4) is 0 Å². The topological polar surface area (TPSA) is 79.8 Å². The molecule has 0 saturated carbocycles. The number of nitrogens with zero attached hydrogens (tertiary/aromatic N) is 2. The number of hydrogen-bond acceptors (Lipinski definition) is 3. The lowest BCUT2D eigenvalue weighted by molar-refractivity contribution is 0.0948. The number of nitrogens with one attached hydrogen (secondary N) is 2. The van der Waals surface area contributed by atoms with Crippen LogP contribution in [0.15, 0.2) is 23.0 Å². The van der Waals surface area contributed by atoms with E-state index >= 15 is 0 Å². The minimum absolute atomic E-state index is 0.215. The van der Waals surface area contributed by atoms with Crippen LogP contribution in [0.1, 0.15) is 47.3 Å². The molecular weight excluding hydrogens is 280 g/mol. The van der Waals surface area contributed by atoms with Gasteiger partial charge in [0, 0.05) is 30.0 Å². The van der Waals surface area contributed by atoms with E-state index in [1.807, 2.05) is 0 Å². The summed E-state index contributed by atoms with van der Waals surface area (Å²) in [4.78, 5) is 22.8. The van der Waals surface area contributed by atoms with Crippen LogP contribution in [0.4, 0.5) is 0 Å². The molecule has 2 aromatic rings. The van der Waals surface area contributed by atoms with Crippen LogP contribution < -0.4 is 10.9 Å². The van der Waals surface area contributed by atoms with Crippen LogP contribution >= 0.6 is 0 Å². The van der Waals surface area contributed by atoms with Gasteiger partial charge >= 0.3 is 0 Å². The van der Waals surface area contributed by atoms with Gasteiger partial charge in [-0.15, -0.1) is 0 Å². The van der Waals surface area contributed by atoms with E-state index in [0.717, 1.165) is 6.42 Å². The first kappa shape index (κ1) is 16.0. The Balaban J connectivity index is 1.97. The second-order valence-electron chi connectivity index (χ2n) is 5.67. The molecule has 0 unspecified atom stereocenters. The Kier molecular flexibility index (Phi) is 4.80. The van der Waals surface area contributed by atoms with Crippen molar-refractivity contribution in [3.8, 4) is 0 Å². The van der Waals surface area contributed by atoms with E-state index in [9.17, 15) is 9.59 Å². The van der Waals surface area contributed by atoms with Gasteiger partial charge in [0.15, 0.2) is 0 Å². The molecule has 2 rings (SSSR count). The second-order valence-corrected chi connectivity index (χ2v) is 5.67. The monoisotopic (exact) mass is 302 g/mol. The van der Waals surface area contributed by atoms with Gasteiger partial charge in [0.25, 0.3) is 11.5 Å². The summed E-state index contributed by atoms with van der Waals surface area (Å²) in [7, 11) is 0. The minimum Gasteiger partial charge on any atom is -0.350 e. The number of aromatic amines is 1. The van der Waals surface area contributed by atoms with Crippen molar-refractivity contribution in [2.75, 3.05) is 6.54 Å². The molecule has 0 radical (unpaired) electrons. The minimum atomic E-state index is -0.322. The van der Waals surface area contributed by atoms with Gasteiger partial charge < -0.3 is 9.88 Å². The van der Waals surface area contributed by atoms with E-state index in [4.69, 9.17) is 0 Å². The third-order valence-corrected chi connectivity index (χ3v) is 3.70. The van der Waals surface area contributed by atoms with Gasteiger partial charge in [-0.05, 0) is 51.8 Å². The van der Waals surface area contributed by atoms with Crippen LogP contribution in [0, 0.1) is 13.8 Å². The Morgan fingerprint density at radius 1 is 1.36 bits per heavy atom. The Bertz CT molecular complexity index is 708. The van der Waals surface area contributed by atoms with E-state index in [2.05, 4.69) is 53.8 Å². The molecule has 2 N–H and O–H groups in total. The third kappa shape index (κ3) is 3.44. The van der Waals surface area contributed by atoms with E-state index in [1.54, 1.807) is 0 Å². The molecule has 2 aromatic heterocycles. The van der Waals surface area contributed by atoms with Gasteiger partial charge in [0.1, 0.15) is 5.69 Å². The van der Waals surface area contributed by atoms with Crippen molar-refractivity contribution in [2.24, 2.45) is 0 Å². The molecule has 2 heterocycles. The Morgan fingerprint density at radius 3 is 2.64 bits per heavy atom. The Morgan fingerprint density at radius 2 is 2.09 bits per heavy atom. The van der Waals surface area contributed by atoms with Gasteiger partial charge in [-0.3, -0.25) is 9.59 Å². The lowest BCUT2D eigenvalue weighted by Gasteiger charge is -2.13. The summed E-state index contributed by atoms with van der Waals surface area (Å²) in [5.41, 5.74) is 3.60. The fraction of sp³-hybridized carbons (Fsp3) is 0.438. The van der Waals surface area contributed by atoms with Crippen LogP contribution in [-0.4, -0.2) is 27.2 Å². The number of hydrogen-bond donors (Lipinski definition) is 2. The molecule has 118 valence electrons. The standard InChI is InChI=1S/C16H22N4O2/c1-10(2)20-11(3)9-13(12(20)4)7-8-17-16(22)14-5-6-15(21)19-18-14/h5-6,9-10H,7-8H2,1-4H3,(H,17,22)(H,19,21). The molecular formula is C16H22N4O2. The number of H-pyrrole nitrogens is 1. The van der Waals surface area contributed by atoms with Crippen LogP contribution in [0.2, 0.25) is 0 Å². The summed E-state index contributed by atoms with van der Waals surface area (Å²) in [5, 5.41) is 8.78. The highest BCUT2D eigenvalue weighted by atomic mass is 16.2. The first-order valence-corrected chi connectivity index (χ1v) is 7.41. The van der Waals surface area contributed by atoms with Crippen molar-refractivity contribution in [3.63, 3.8) is 0 Å². The van der Waals surface area contributed by atoms with Crippen LogP contribution in [-0.2, 0) is 6.42 Å². The Hall–Kier alpha value is -2.37. The summed E-state index contributed by atoms with van der Waals surface area (Å²) in [6.07, 6.45) is 0.765. The van der Waals surface area contributed by atoms with E-state index in [-0.39, 0.29) is 17.2 Å². The number of aromatic nitrogens is 3. The largest absolute Gasteiger partial charge is 0.350 e. The van der Waals surface area contributed by atoms with Crippen molar-refractivity contribution in [1.29, 1.82) is 0 Å². The predicted octanol–water partition coefficient (Wildman–Crippen LogP) is 1.74. The zero-order valence-electron chi connectivity index (χ0n) is 13.4. The number of aryl methyl sites for hydroxylation is 1. The third-order valence-electron chi connectivity index (χ3n) is 3.70. The summed E-state index contributed by atoms with van der Waals surface area (Å²) in [6.45, 7) is 9.05. The molecule has 0 saturated heterocycles. The quantitative estimate of drug-likeness (QED) is 0.883. The average Bonchev–Trinajstić information content (AvgIpc) is 2.74. The average molecular weight is 302 g/mol. The SMILES string of the molecule is Cc1cc(CCNC(=O)c2ccc(=O)[nH]n2)c(C)n1C(C)C. The highest BCUT2D eigenvalue weighted by molar-refractivity contribution is 5.91. The molecule has 1 amide bonds. The number of carbonyl (C=O) groups excluding carboxylic acids is 1. The van der Waals surface area contributed by atoms with Crippen LogP contribution in [0.5, 0.6) is 0 Å².